The van der Waals surface area contributed by atoms with E-state index in [9.17, 15) is 9.90 Å². The van der Waals surface area contributed by atoms with Gasteiger partial charge in [0.25, 0.3) is 0 Å². The lowest BCUT2D eigenvalue weighted by atomic mass is 9.78. The highest BCUT2D eigenvalue weighted by Crippen LogP contribution is 2.53. The summed E-state index contributed by atoms with van der Waals surface area (Å²) in [5, 5.41) is 11.5. The first-order chi connectivity index (χ1) is 12.2. The van der Waals surface area contributed by atoms with Crippen molar-refractivity contribution in [2.24, 2.45) is 17.8 Å². The Morgan fingerprint density at radius 3 is 2.80 bits per heavy atom. The maximum Gasteiger partial charge on any atom is 0.162 e. The van der Waals surface area contributed by atoms with Crippen molar-refractivity contribution in [3.8, 4) is 0 Å². The van der Waals surface area contributed by atoms with Crippen molar-refractivity contribution in [2.75, 3.05) is 13.2 Å². The summed E-state index contributed by atoms with van der Waals surface area (Å²) in [5.74, 6) is 0.0636. The van der Waals surface area contributed by atoms with Gasteiger partial charge in [-0.1, -0.05) is 62.6 Å². The van der Waals surface area contributed by atoms with E-state index in [0.717, 1.165) is 18.4 Å². The van der Waals surface area contributed by atoms with E-state index in [-0.39, 0.29) is 17.6 Å². The van der Waals surface area contributed by atoms with Crippen LogP contribution in [0.25, 0.3) is 0 Å². The lowest BCUT2D eigenvalue weighted by molar-refractivity contribution is -0.129. The second kappa shape index (κ2) is 8.29. The summed E-state index contributed by atoms with van der Waals surface area (Å²) in [6.07, 6.45) is 10.1. The average molecular weight is 342 g/mol. The van der Waals surface area contributed by atoms with Crippen LogP contribution in [-0.4, -0.2) is 24.1 Å². The summed E-state index contributed by atoms with van der Waals surface area (Å²) in [6, 6.07) is 9.69. The molecular weight excluding hydrogens is 312 g/mol. The van der Waals surface area contributed by atoms with Gasteiger partial charge in [-0.3, -0.25) is 4.79 Å². The van der Waals surface area contributed by atoms with Crippen LogP contribution in [-0.2, 0) is 15.1 Å². The molecule has 1 N–H and O–H groups in total. The van der Waals surface area contributed by atoms with Crippen LogP contribution in [0.15, 0.2) is 42.5 Å². The molecule has 0 radical (unpaired) electrons. The van der Waals surface area contributed by atoms with Gasteiger partial charge < -0.3 is 9.84 Å². The van der Waals surface area contributed by atoms with Crippen LogP contribution in [0.4, 0.5) is 0 Å². The second-order valence-electron chi connectivity index (χ2n) is 7.59. The SMILES string of the molecule is CCCCCC/C=C/C(=O)[C@@H]1[C@H]2COC[C@H]2C[C@@]1(O)c1ccccc1. The number of ketones is 1. The maximum absolute atomic E-state index is 13.0. The van der Waals surface area contributed by atoms with Gasteiger partial charge in [-0.2, -0.15) is 0 Å². The zero-order chi connectivity index (χ0) is 17.7. The van der Waals surface area contributed by atoms with Gasteiger partial charge in [0, 0.05) is 12.5 Å². The van der Waals surface area contributed by atoms with E-state index in [1.807, 2.05) is 36.4 Å². The Balaban J connectivity index is 1.73. The van der Waals surface area contributed by atoms with Gasteiger partial charge in [-0.25, -0.2) is 0 Å². The summed E-state index contributed by atoms with van der Waals surface area (Å²) in [4.78, 5) is 13.0. The molecule has 3 nitrogen and oxygen atoms in total. The number of benzene rings is 1. The number of fused-ring (bicyclic) bond motifs is 1. The zero-order valence-corrected chi connectivity index (χ0v) is 15.2. The Morgan fingerprint density at radius 1 is 1.24 bits per heavy atom. The molecule has 1 heterocycles. The Kier molecular flexibility index (Phi) is 6.08. The van der Waals surface area contributed by atoms with Gasteiger partial charge >= 0.3 is 0 Å². The number of hydrogen-bond donors (Lipinski definition) is 1. The summed E-state index contributed by atoms with van der Waals surface area (Å²) in [7, 11) is 0. The van der Waals surface area contributed by atoms with E-state index in [1.54, 1.807) is 6.08 Å². The molecule has 1 saturated heterocycles. The molecule has 1 aromatic rings. The number of hydrogen-bond acceptors (Lipinski definition) is 3. The predicted molar refractivity (Wildman–Crippen MR) is 99.2 cm³/mol. The van der Waals surface area contributed by atoms with Crippen LogP contribution >= 0.6 is 0 Å². The molecule has 2 fully saturated rings. The highest BCUT2D eigenvalue weighted by atomic mass is 16.5. The number of carbonyl (C=O) groups is 1. The number of unbranched alkanes of at least 4 members (excludes halogenated alkanes) is 4. The van der Waals surface area contributed by atoms with Gasteiger partial charge in [0.1, 0.15) is 5.60 Å². The molecule has 136 valence electrons. The van der Waals surface area contributed by atoms with Crippen molar-refractivity contribution in [1.29, 1.82) is 0 Å². The standard InChI is InChI=1S/C22H30O3/c1-2-3-4-5-6-10-13-20(23)21-19-16-25-15-17(19)14-22(21,24)18-11-8-7-9-12-18/h7-13,17,19,21,24H,2-6,14-16H2,1H3/b13-10+/t17-,19+,21+,22-/m1/s1. The fraction of sp³-hybridized carbons (Fsp3) is 0.591. The van der Waals surface area contributed by atoms with E-state index in [4.69, 9.17) is 4.74 Å². The van der Waals surface area contributed by atoms with Crippen LogP contribution in [0.5, 0.6) is 0 Å². The third-order valence-electron chi connectivity index (χ3n) is 5.85. The first kappa shape index (κ1) is 18.3. The van der Waals surface area contributed by atoms with Crippen molar-refractivity contribution in [2.45, 2.75) is 51.0 Å². The van der Waals surface area contributed by atoms with Crippen molar-refractivity contribution < 1.29 is 14.6 Å². The van der Waals surface area contributed by atoms with E-state index in [2.05, 4.69) is 6.92 Å². The fourth-order valence-electron chi connectivity index (χ4n) is 4.54. The Labute approximate surface area is 151 Å². The molecule has 0 aromatic heterocycles. The molecule has 0 bridgehead atoms. The van der Waals surface area contributed by atoms with Crippen molar-refractivity contribution >= 4 is 5.78 Å². The summed E-state index contributed by atoms with van der Waals surface area (Å²) in [5.41, 5.74) is -0.205. The summed E-state index contributed by atoms with van der Waals surface area (Å²) >= 11 is 0. The predicted octanol–water partition coefficient (Wildman–Crippen LogP) is 4.25. The van der Waals surface area contributed by atoms with Crippen LogP contribution in [0, 0.1) is 17.8 Å². The van der Waals surface area contributed by atoms with E-state index in [1.165, 1.54) is 19.3 Å². The monoisotopic (exact) mass is 342 g/mol. The lowest BCUT2D eigenvalue weighted by Gasteiger charge is -2.31. The minimum Gasteiger partial charge on any atom is -0.384 e. The van der Waals surface area contributed by atoms with Gasteiger partial charge in [-0.15, -0.1) is 0 Å². The lowest BCUT2D eigenvalue weighted by Crippen LogP contribution is -2.38. The summed E-state index contributed by atoms with van der Waals surface area (Å²) < 4.78 is 5.60. The second-order valence-corrected chi connectivity index (χ2v) is 7.59. The molecule has 1 aromatic carbocycles. The minimum absolute atomic E-state index is 0.0554. The normalized spacial score (nSPS) is 31.5. The van der Waals surface area contributed by atoms with Crippen LogP contribution in [0.2, 0.25) is 0 Å². The topological polar surface area (TPSA) is 46.5 Å². The smallest absolute Gasteiger partial charge is 0.162 e. The quantitative estimate of drug-likeness (QED) is 0.567. The number of aliphatic hydroxyl groups is 1. The highest BCUT2D eigenvalue weighted by Gasteiger charge is 2.57. The van der Waals surface area contributed by atoms with Gasteiger partial charge in [0.05, 0.1) is 12.5 Å². The van der Waals surface area contributed by atoms with Crippen LogP contribution in [0.1, 0.15) is 51.0 Å². The number of rotatable bonds is 8. The molecule has 3 rings (SSSR count). The zero-order valence-electron chi connectivity index (χ0n) is 15.2. The van der Waals surface area contributed by atoms with E-state index < -0.39 is 11.5 Å². The molecule has 1 saturated carbocycles. The molecule has 1 aliphatic carbocycles. The summed E-state index contributed by atoms with van der Waals surface area (Å²) in [6.45, 7) is 3.44. The molecule has 25 heavy (non-hydrogen) atoms. The molecule has 0 unspecified atom stereocenters. The first-order valence-electron chi connectivity index (χ1n) is 9.73. The third kappa shape index (κ3) is 3.88. The number of ether oxygens (including phenoxy) is 1. The van der Waals surface area contributed by atoms with Crippen molar-refractivity contribution in [3.63, 3.8) is 0 Å². The molecular formula is C22H30O3. The Morgan fingerprint density at radius 2 is 2.04 bits per heavy atom. The van der Waals surface area contributed by atoms with Crippen LogP contribution in [0.3, 0.4) is 0 Å². The van der Waals surface area contributed by atoms with Crippen LogP contribution < -0.4 is 0 Å². The highest BCUT2D eigenvalue weighted by molar-refractivity contribution is 5.93. The number of carbonyl (C=O) groups excluding carboxylic acids is 1. The molecule has 0 spiro atoms. The molecule has 0 amide bonds. The Bertz CT molecular complexity index is 595. The number of allylic oxidation sites excluding steroid dienone is 2. The minimum atomic E-state index is -1.07. The first-order valence-corrected chi connectivity index (χ1v) is 9.73. The molecule has 4 atom stereocenters. The fourth-order valence-corrected chi connectivity index (χ4v) is 4.54. The van der Waals surface area contributed by atoms with E-state index >= 15 is 0 Å². The van der Waals surface area contributed by atoms with Gasteiger partial charge in [0.2, 0.25) is 0 Å². The Hall–Kier alpha value is -1.45. The maximum atomic E-state index is 13.0. The van der Waals surface area contributed by atoms with Crippen molar-refractivity contribution in [3.05, 3.63) is 48.0 Å². The molecule has 3 heteroatoms. The van der Waals surface area contributed by atoms with Crippen molar-refractivity contribution in [1.82, 2.24) is 0 Å². The van der Waals surface area contributed by atoms with E-state index in [0.29, 0.717) is 19.6 Å². The van der Waals surface area contributed by atoms with Gasteiger partial charge in [-0.05, 0) is 36.8 Å². The van der Waals surface area contributed by atoms with Gasteiger partial charge in [0.15, 0.2) is 5.78 Å². The average Bonchev–Trinajstić information content (AvgIpc) is 3.17. The largest absolute Gasteiger partial charge is 0.384 e. The molecule has 1 aliphatic heterocycles. The third-order valence-corrected chi connectivity index (χ3v) is 5.85. The molecule has 2 aliphatic rings.